The molecule has 0 aromatic heterocycles. The second-order valence-electron chi connectivity index (χ2n) is 6.00. The highest BCUT2D eigenvalue weighted by molar-refractivity contribution is 5.94. The van der Waals surface area contributed by atoms with Gasteiger partial charge < -0.3 is 15.4 Å². The largest absolute Gasteiger partial charge is 0.495 e. The lowest BCUT2D eigenvalue weighted by atomic mass is 10.1. The van der Waals surface area contributed by atoms with E-state index >= 15 is 0 Å². The van der Waals surface area contributed by atoms with E-state index < -0.39 is 5.91 Å². The molecule has 0 bridgehead atoms. The Balaban J connectivity index is 1.68. The standard InChI is InChI=1S/C19H23N3O2/c1-24-18-8-7-16(19(20)23)13-17(18)22-11-9-21(10-12-22)14-15-5-3-2-4-6-15/h2-8,13H,9-12,14H2,1H3,(H2,20,23). The molecule has 126 valence electrons. The Morgan fingerprint density at radius 2 is 1.79 bits per heavy atom. The maximum atomic E-state index is 11.4. The van der Waals surface area contributed by atoms with Gasteiger partial charge in [-0.25, -0.2) is 0 Å². The first-order valence-electron chi connectivity index (χ1n) is 8.16. The fourth-order valence-electron chi connectivity index (χ4n) is 3.08. The molecule has 1 aliphatic heterocycles. The van der Waals surface area contributed by atoms with Crippen LogP contribution in [0.25, 0.3) is 0 Å². The molecule has 1 heterocycles. The molecule has 5 heteroatoms. The van der Waals surface area contributed by atoms with Crippen molar-refractivity contribution in [3.05, 3.63) is 59.7 Å². The van der Waals surface area contributed by atoms with Gasteiger partial charge in [0.25, 0.3) is 0 Å². The molecule has 1 aliphatic rings. The average molecular weight is 325 g/mol. The number of nitrogens with zero attached hydrogens (tertiary/aromatic N) is 2. The lowest BCUT2D eigenvalue weighted by Gasteiger charge is -2.36. The van der Waals surface area contributed by atoms with Crippen LogP contribution in [-0.4, -0.2) is 44.1 Å². The topological polar surface area (TPSA) is 58.8 Å². The van der Waals surface area contributed by atoms with Crippen LogP contribution < -0.4 is 15.4 Å². The third-order valence-electron chi connectivity index (χ3n) is 4.43. The first-order chi connectivity index (χ1) is 11.7. The van der Waals surface area contributed by atoms with Gasteiger partial charge in [0.05, 0.1) is 12.8 Å². The van der Waals surface area contributed by atoms with Gasteiger partial charge in [0.1, 0.15) is 5.75 Å². The molecule has 2 aromatic rings. The van der Waals surface area contributed by atoms with Crippen LogP contribution in [0.3, 0.4) is 0 Å². The maximum absolute atomic E-state index is 11.4. The molecule has 0 spiro atoms. The minimum absolute atomic E-state index is 0.415. The summed E-state index contributed by atoms with van der Waals surface area (Å²) in [5, 5.41) is 0. The minimum Gasteiger partial charge on any atom is -0.495 e. The van der Waals surface area contributed by atoms with Gasteiger partial charge in [0.15, 0.2) is 0 Å². The average Bonchev–Trinajstić information content (AvgIpc) is 2.62. The van der Waals surface area contributed by atoms with Gasteiger partial charge >= 0.3 is 0 Å². The molecule has 0 unspecified atom stereocenters. The molecular weight excluding hydrogens is 302 g/mol. The van der Waals surface area contributed by atoms with Crippen LogP contribution >= 0.6 is 0 Å². The van der Waals surface area contributed by atoms with Gasteiger partial charge in [-0.3, -0.25) is 9.69 Å². The van der Waals surface area contributed by atoms with Crippen LogP contribution in [0.15, 0.2) is 48.5 Å². The summed E-state index contributed by atoms with van der Waals surface area (Å²) in [6, 6.07) is 15.9. The SMILES string of the molecule is COc1ccc(C(N)=O)cc1N1CCN(Cc2ccccc2)CC1. The predicted molar refractivity (Wildman–Crippen MR) is 95.4 cm³/mol. The Hall–Kier alpha value is -2.53. The van der Waals surface area contributed by atoms with Crippen molar-refractivity contribution >= 4 is 11.6 Å². The Kier molecular flexibility index (Phi) is 5.01. The fraction of sp³-hybridized carbons (Fsp3) is 0.316. The van der Waals surface area contributed by atoms with E-state index in [9.17, 15) is 4.79 Å². The van der Waals surface area contributed by atoms with Gasteiger partial charge in [-0.1, -0.05) is 30.3 Å². The van der Waals surface area contributed by atoms with Crippen molar-refractivity contribution in [3.63, 3.8) is 0 Å². The van der Waals surface area contributed by atoms with E-state index in [2.05, 4.69) is 34.1 Å². The number of primary amides is 1. The molecule has 0 aliphatic carbocycles. The van der Waals surface area contributed by atoms with Crippen molar-refractivity contribution in [2.24, 2.45) is 5.73 Å². The van der Waals surface area contributed by atoms with E-state index in [0.717, 1.165) is 44.2 Å². The molecular formula is C19H23N3O2. The molecule has 1 amide bonds. The molecule has 1 saturated heterocycles. The predicted octanol–water partition coefficient (Wildman–Crippen LogP) is 2.12. The summed E-state index contributed by atoms with van der Waals surface area (Å²) in [4.78, 5) is 16.1. The molecule has 0 saturated carbocycles. The van der Waals surface area contributed by atoms with Gasteiger partial charge in [-0.2, -0.15) is 0 Å². The normalized spacial score (nSPS) is 15.3. The first kappa shape index (κ1) is 16.3. The Morgan fingerprint density at radius 1 is 1.08 bits per heavy atom. The molecule has 5 nitrogen and oxygen atoms in total. The number of ether oxygens (including phenoxy) is 1. The molecule has 24 heavy (non-hydrogen) atoms. The van der Waals surface area contributed by atoms with Gasteiger partial charge in [0, 0.05) is 38.3 Å². The molecule has 0 radical (unpaired) electrons. The zero-order chi connectivity index (χ0) is 16.9. The third kappa shape index (κ3) is 3.68. The number of carbonyl (C=O) groups excluding carboxylic acids is 1. The van der Waals surface area contributed by atoms with Crippen molar-refractivity contribution in [1.82, 2.24) is 4.90 Å². The van der Waals surface area contributed by atoms with Crippen molar-refractivity contribution in [3.8, 4) is 5.75 Å². The summed E-state index contributed by atoms with van der Waals surface area (Å²) in [6.07, 6.45) is 0. The lowest BCUT2D eigenvalue weighted by Crippen LogP contribution is -2.46. The van der Waals surface area contributed by atoms with E-state index in [1.165, 1.54) is 5.56 Å². The van der Waals surface area contributed by atoms with Crippen LogP contribution in [-0.2, 0) is 6.54 Å². The number of piperazine rings is 1. The smallest absolute Gasteiger partial charge is 0.248 e. The number of methoxy groups -OCH3 is 1. The van der Waals surface area contributed by atoms with Gasteiger partial charge in [-0.15, -0.1) is 0 Å². The quantitative estimate of drug-likeness (QED) is 0.915. The number of hydrogen-bond acceptors (Lipinski definition) is 4. The van der Waals surface area contributed by atoms with Crippen molar-refractivity contribution in [1.29, 1.82) is 0 Å². The van der Waals surface area contributed by atoms with Crippen molar-refractivity contribution in [2.75, 3.05) is 38.2 Å². The maximum Gasteiger partial charge on any atom is 0.248 e. The van der Waals surface area contributed by atoms with Crippen molar-refractivity contribution in [2.45, 2.75) is 6.54 Å². The summed E-state index contributed by atoms with van der Waals surface area (Å²) in [6.45, 7) is 4.70. The zero-order valence-electron chi connectivity index (χ0n) is 13.9. The summed E-state index contributed by atoms with van der Waals surface area (Å²) in [5.41, 5.74) is 8.19. The Labute approximate surface area is 142 Å². The van der Waals surface area contributed by atoms with Crippen LogP contribution in [0.1, 0.15) is 15.9 Å². The highest BCUT2D eigenvalue weighted by Gasteiger charge is 2.20. The van der Waals surface area contributed by atoms with Gasteiger partial charge in [0.2, 0.25) is 5.91 Å². The summed E-state index contributed by atoms with van der Waals surface area (Å²) >= 11 is 0. The van der Waals surface area contributed by atoms with Crippen LogP contribution in [0.5, 0.6) is 5.75 Å². The molecule has 3 rings (SSSR count). The fourth-order valence-corrected chi connectivity index (χ4v) is 3.08. The molecule has 1 fully saturated rings. The van der Waals surface area contributed by atoms with E-state index in [0.29, 0.717) is 5.56 Å². The Morgan fingerprint density at radius 3 is 2.42 bits per heavy atom. The highest BCUT2D eigenvalue weighted by Crippen LogP contribution is 2.30. The van der Waals surface area contributed by atoms with E-state index in [4.69, 9.17) is 10.5 Å². The van der Waals surface area contributed by atoms with Crippen molar-refractivity contribution < 1.29 is 9.53 Å². The monoisotopic (exact) mass is 325 g/mol. The molecule has 2 N–H and O–H groups in total. The number of nitrogens with two attached hydrogens (primary N) is 1. The third-order valence-corrected chi connectivity index (χ3v) is 4.43. The summed E-state index contributed by atoms with van der Waals surface area (Å²) in [5.74, 6) is 0.359. The second-order valence-corrected chi connectivity index (χ2v) is 6.00. The number of amides is 1. The summed E-state index contributed by atoms with van der Waals surface area (Å²) < 4.78 is 5.45. The van der Waals surface area contributed by atoms with E-state index in [-0.39, 0.29) is 0 Å². The number of rotatable bonds is 5. The first-order valence-corrected chi connectivity index (χ1v) is 8.16. The van der Waals surface area contributed by atoms with Crippen LogP contribution in [0.2, 0.25) is 0 Å². The summed E-state index contributed by atoms with van der Waals surface area (Å²) in [7, 11) is 1.65. The Bertz CT molecular complexity index is 695. The molecule has 0 atom stereocenters. The van der Waals surface area contributed by atoms with Gasteiger partial charge in [-0.05, 0) is 23.8 Å². The molecule has 2 aromatic carbocycles. The van der Waals surface area contributed by atoms with E-state index in [1.807, 2.05) is 18.2 Å². The number of hydrogen-bond donors (Lipinski definition) is 1. The van der Waals surface area contributed by atoms with E-state index in [1.54, 1.807) is 13.2 Å². The number of anilines is 1. The minimum atomic E-state index is -0.415. The lowest BCUT2D eigenvalue weighted by molar-refractivity contribution is 0.100. The highest BCUT2D eigenvalue weighted by atomic mass is 16.5. The number of carbonyl (C=O) groups is 1. The van der Waals surface area contributed by atoms with Crippen LogP contribution in [0.4, 0.5) is 5.69 Å². The number of benzene rings is 2. The second kappa shape index (κ2) is 7.36. The zero-order valence-corrected chi connectivity index (χ0v) is 13.9. The van der Waals surface area contributed by atoms with Crippen LogP contribution in [0, 0.1) is 0 Å².